The smallest absolute Gasteiger partial charge is 0.329 e. The largest absolute Gasteiger partial charge is 0.484 e. The molecule has 0 heterocycles. The lowest BCUT2D eigenvalue weighted by atomic mass is 10.2. The van der Waals surface area contributed by atoms with Crippen molar-refractivity contribution in [2.24, 2.45) is 5.10 Å². The second-order valence-corrected chi connectivity index (χ2v) is 6.11. The summed E-state index contributed by atoms with van der Waals surface area (Å²) in [6.45, 7) is -0.163. The predicted molar refractivity (Wildman–Crippen MR) is 105 cm³/mol. The summed E-state index contributed by atoms with van der Waals surface area (Å²) < 4.78 is 6.37. The van der Waals surface area contributed by atoms with Crippen LogP contribution >= 0.6 is 15.9 Å². The number of nitrogens with one attached hydrogen (secondary N) is 3. The number of rotatable bonds is 6. The molecule has 3 amide bonds. The van der Waals surface area contributed by atoms with E-state index in [1.807, 2.05) is 12.1 Å². The first kappa shape index (κ1) is 20.1. The van der Waals surface area contributed by atoms with Gasteiger partial charge in [0.2, 0.25) is 0 Å². The molecule has 0 bridgehead atoms. The SMILES string of the molecule is CNC(=O)C(=O)N/N=C\c1cccc(OCC(=O)Nc2ccc(Br)cc2)c1. The van der Waals surface area contributed by atoms with E-state index in [2.05, 4.69) is 37.1 Å². The fourth-order valence-corrected chi connectivity index (χ4v) is 2.16. The summed E-state index contributed by atoms with van der Waals surface area (Å²) in [4.78, 5) is 34.3. The summed E-state index contributed by atoms with van der Waals surface area (Å²) >= 11 is 3.33. The monoisotopic (exact) mass is 432 g/mol. The first-order valence-electron chi connectivity index (χ1n) is 7.81. The number of ether oxygens (including phenoxy) is 1. The Bertz CT molecular complexity index is 853. The molecule has 9 heteroatoms. The van der Waals surface area contributed by atoms with Crippen LogP contribution in [-0.4, -0.2) is 37.6 Å². The molecule has 0 fully saturated rings. The van der Waals surface area contributed by atoms with Gasteiger partial charge in [0, 0.05) is 17.2 Å². The number of hydrogen-bond donors (Lipinski definition) is 3. The van der Waals surface area contributed by atoms with E-state index in [1.165, 1.54) is 13.3 Å². The number of benzene rings is 2. The summed E-state index contributed by atoms with van der Waals surface area (Å²) in [5.41, 5.74) is 3.38. The molecule has 140 valence electrons. The zero-order valence-corrected chi connectivity index (χ0v) is 15.9. The van der Waals surface area contributed by atoms with Crippen molar-refractivity contribution >= 4 is 45.6 Å². The Hall–Kier alpha value is -3.20. The van der Waals surface area contributed by atoms with Crippen molar-refractivity contribution in [2.45, 2.75) is 0 Å². The lowest BCUT2D eigenvalue weighted by molar-refractivity contribution is -0.138. The number of hydrazone groups is 1. The highest BCUT2D eigenvalue weighted by atomic mass is 79.9. The molecule has 0 aliphatic rings. The Kier molecular flexibility index (Phi) is 7.50. The summed E-state index contributed by atoms with van der Waals surface area (Å²) in [6, 6.07) is 14.0. The van der Waals surface area contributed by atoms with Crippen LogP contribution in [-0.2, 0) is 14.4 Å². The van der Waals surface area contributed by atoms with Gasteiger partial charge < -0.3 is 15.4 Å². The fraction of sp³-hybridized carbons (Fsp3) is 0.111. The molecule has 0 radical (unpaired) electrons. The van der Waals surface area contributed by atoms with Crippen LogP contribution in [0.3, 0.4) is 0 Å². The molecular weight excluding hydrogens is 416 g/mol. The summed E-state index contributed by atoms with van der Waals surface area (Å²) in [5.74, 6) is -1.50. The standard InChI is InChI=1S/C18H17BrN4O4/c1-20-17(25)18(26)23-21-10-12-3-2-4-15(9-12)27-11-16(24)22-14-7-5-13(19)6-8-14/h2-10H,11H2,1H3,(H,20,25)(H,22,24)(H,23,26)/b21-10-. The minimum Gasteiger partial charge on any atom is -0.484 e. The van der Waals surface area contributed by atoms with Gasteiger partial charge in [-0.25, -0.2) is 5.43 Å². The number of nitrogens with zero attached hydrogens (tertiary/aromatic N) is 1. The Balaban J connectivity index is 1.85. The summed E-state index contributed by atoms with van der Waals surface area (Å²) in [7, 11) is 1.35. The van der Waals surface area contributed by atoms with Gasteiger partial charge in [-0.3, -0.25) is 14.4 Å². The van der Waals surface area contributed by atoms with Crippen LogP contribution in [0, 0.1) is 0 Å². The van der Waals surface area contributed by atoms with E-state index in [4.69, 9.17) is 4.74 Å². The molecule has 27 heavy (non-hydrogen) atoms. The number of amides is 3. The molecular formula is C18H17BrN4O4. The molecule has 0 saturated heterocycles. The molecule has 2 aromatic carbocycles. The Morgan fingerprint density at radius 1 is 1.11 bits per heavy atom. The minimum absolute atomic E-state index is 0.163. The molecule has 0 aliphatic carbocycles. The van der Waals surface area contributed by atoms with E-state index < -0.39 is 11.8 Å². The third-order valence-corrected chi connectivity index (χ3v) is 3.70. The lowest BCUT2D eigenvalue weighted by Gasteiger charge is -2.08. The molecule has 0 unspecified atom stereocenters. The van der Waals surface area contributed by atoms with Crippen molar-refractivity contribution in [2.75, 3.05) is 19.0 Å². The Labute approximate surface area is 164 Å². The van der Waals surface area contributed by atoms with Crippen LogP contribution in [0.15, 0.2) is 58.1 Å². The molecule has 0 saturated carbocycles. The van der Waals surface area contributed by atoms with Crippen LogP contribution in [0.5, 0.6) is 5.75 Å². The van der Waals surface area contributed by atoms with Gasteiger partial charge in [0.25, 0.3) is 5.91 Å². The maximum Gasteiger partial charge on any atom is 0.329 e. The van der Waals surface area contributed by atoms with Crippen molar-refractivity contribution in [1.82, 2.24) is 10.7 Å². The Morgan fingerprint density at radius 3 is 2.56 bits per heavy atom. The van der Waals surface area contributed by atoms with Crippen molar-refractivity contribution < 1.29 is 19.1 Å². The zero-order valence-electron chi connectivity index (χ0n) is 14.4. The maximum absolute atomic E-state index is 11.9. The number of carbonyl (C=O) groups excluding carboxylic acids is 3. The molecule has 0 aromatic heterocycles. The highest BCUT2D eigenvalue weighted by Gasteiger charge is 2.09. The summed E-state index contributed by atoms with van der Waals surface area (Å²) in [6.07, 6.45) is 1.36. The number of anilines is 1. The van der Waals surface area contributed by atoms with E-state index in [1.54, 1.807) is 36.4 Å². The first-order chi connectivity index (χ1) is 13.0. The molecule has 3 N–H and O–H groups in total. The van der Waals surface area contributed by atoms with E-state index >= 15 is 0 Å². The van der Waals surface area contributed by atoms with Crippen LogP contribution in [0.1, 0.15) is 5.56 Å². The predicted octanol–water partition coefficient (Wildman–Crippen LogP) is 1.66. The average Bonchev–Trinajstić information content (AvgIpc) is 2.68. The van der Waals surface area contributed by atoms with Gasteiger partial charge in [-0.05, 0) is 42.0 Å². The number of halogens is 1. The van der Waals surface area contributed by atoms with Gasteiger partial charge in [0.15, 0.2) is 6.61 Å². The van der Waals surface area contributed by atoms with E-state index in [0.29, 0.717) is 17.0 Å². The highest BCUT2D eigenvalue weighted by Crippen LogP contribution is 2.15. The maximum atomic E-state index is 11.9. The molecule has 8 nitrogen and oxygen atoms in total. The number of carbonyl (C=O) groups is 3. The van der Waals surface area contributed by atoms with Crippen molar-refractivity contribution in [3.8, 4) is 5.75 Å². The third-order valence-electron chi connectivity index (χ3n) is 3.17. The van der Waals surface area contributed by atoms with Crippen LogP contribution in [0.25, 0.3) is 0 Å². The fourth-order valence-electron chi connectivity index (χ4n) is 1.89. The van der Waals surface area contributed by atoms with E-state index in [9.17, 15) is 14.4 Å². The van der Waals surface area contributed by atoms with Crippen LogP contribution < -0.4 is 20.8 Å². The van der Waals surface area contributed by atoms with Gasteiger partial charge in [-0.15, -0.1) is 0 Å². The van der Waals surface area contributed by atoms with Gasteiger partial charge in [0.05, 0.1) is 6.21 Å². The van der Waals surface area contributed by atoms with Crippen LogP contribution in [0.2, 0.25) is 0 Å². The molecule has 0 spiro atoms. The van der Waals surface area contributed by atoms with Crippen LogP contribution in [0.4, 0.5) is 5.69 Å². The number of hydrogen-bond acceptors (Lipinski definition) is 5. The lowest BCUT2D eigenvalue weighted by Crippen LogP contribution is -2.35. The Morgan fingerprint density at radius 2 is 1.85 bits per heavy atom. The van der Waals surface area contributed by atoms with Crippen molar-refractivity contribution in [1.29, 1.82) is 0 Å². The second kappa shape index (κ2) is 10.1. The number of likely N-dealkylation sites (N-methyl/N-ethyl adjacent to an activating group) is 1. The van der Waals surface area contributed by atoms with Gasteiger partial charge >= 0.3 is 11.8 Å². The highest BCUT2D eigenvalue weighted by molar-refractivity contribution is 9.10. The minimum atomic E-state index is -0.870. The van der Waals surface area contributed by atoms with E-state index in [-0.39, 0.29) is 12.5 Å². The molecule has 0 aliphatic heterocycles. The third kappa shape index (κ3) is 6.90. The molecule has 2 rings (SSSR count). The van der Waals surface area contributed by atoms with Gasteiger partial charge in [0.1, 0.15) is 5.75 Å². The van der Waals surface area contributed by atoms with E-state index in [0.717, 1.165) is 4.47 Å². The summed E-state index contributed by atoms with van der Waals surface area (Å²) in [5, 5.41) is 8.59. The van der Waals surface area contributed by atoms with Gasteiger partial charge in [-0.2, -0.15) is 5.10 Å². The van der Waals surface area contributed by atoms with Crippen molar-refractivity contribution in [3.63, 3.8) is 0 Å². The second-order valence-electron chi connectivity index (χ2n) is 5.19. The van der Waals surface area contributed by atoms with Crippen molar-refractivity contribution in [3.05, 3.63) is 58.6 Å². The average molecular weight is 433 g/mol. The molecule has 0 atom stereocenters. The first-order valence-corrected chi connectivity index (χ1v) is 8.60. The topological polar surface area (TPSA) is 109 Å². The quantitative estimate of drug-likeness (QED) is 0.366. The normalized spacial score (nSPS) is 10.3. The van der Waals surface area contributed by atoms with Gasteiger partial charge in [-0.1, -0.05) is 28.1 Å². The molecule has 2 aromatic rings. The zero-order chi connectivity index (χ0) is 19.6.